The summed E-state index contributed by atoms with van der Waals surface area (Å²) < 4.78 is 16.1. The van der Waals surface area contributed by atoms with Crippen LogP contribution in [-0.2, 0) is 6.54 Å². The Hall–Kier alpha value is -2.27. The van der Waals surface area contributed by atoms with E-state index in [0.29, 0.717) is 18.0 Å². The van der Waals surface area contributed by atoms with E-state index >= 15 is 0 Å². The van der Waals surface area contributed by atoms with Crippen LogP contribution in [0.1, 0.15) is 24.2 Å². The Labute approximate surface area is 131 Å². The lowest BCUT2D eigenvalue weighted by atomic mass is 10.1. The summed E-state index contributed by atoms with van der Waals surface area (Å²) in [7, 11) is 4.88. The standard InChI is InChI=1S/C17H22N2O3/c1-12(14-7-5-6-8-18-14)19-11-13-9-16(21-3)17(22-4)10-15(13)20-2/h5-10,12,19H,11H2,1-4H3/t12-/m0/s1. The Kier molecular flexibility index (Phi) is 5.61. The van der Waals surface area contributed by atoms with Crippen LogP contribution in [0.4, 0.5) is 0 Å². The lowest BCUT2D eigenvalue weighted by molar-refractivity contribution is 0.346. The highest BCUT2D eigenvalue weighted by Gasteiger charge is 2.13. The van der Waals surface area contributed by atoms with Crippen molar-refractivity contribution in [1.82, 2.24) is 10.3 Å². The van der Waals surface area contributed by atoms with Gasteiger partial charge in [0.15, 0.2) is 11.5 Å². The molecular weight excluding hydrogens is 280 g/mol. The predicted molar refractivity (Wildman–Crippen MR) is 85.6 cm³/mol. The third kappa shape index (κ3) is 3.68. The summed E-state index contributed by atoms with van der Waals surface area (Å²) in [6.45, 7) is 2.72. The Bertz CT molecular complexity index is 602. The maximum absolute atomic E-state index is 5.43. The number of ether oxygens (including phenoxy) is 3. The molecule has 0 aliphatic rings. The summed E-state index contributed by atoms with van der Waals surface area (Å²) >= 11 is 0. The fourth-order valence-corrected chi connectivity index (χ4v) is 2.23. The first kappa shape index (κ1) is 16.1. The molecule has 0 radical (unpaired) electrons. The Morgan fingerprint density at radius 3 is 2.27 bits per heavy atom. The van der Waals surface area contributed by atoms with Crippen LogP contribution in [0, 0.1) is 0 Å². The molecule has 0 aliphatic carbocycles. The number of methoxy groups -OCH3 is 3. The zero-order valence-corrected chi connectivity index (χ0v) is 13.4. The molecule has 118 valence electrons. The first-order chi connectivity index (χ1) is 10.7. The minimum Gasteiger partial charge on any atom is -0.496 e. The van der Waals surface area contributed by atoms with Crippen molar-refractivity contribution in [3.8, 4) is 17.2 Å². The lowest BCUT2D eigenvalue weighted by Crippen LogP contribution is -2.19. The number of pyridine rings is 1. The van der Waals surface area contributed by atoms with Gasteiger partial charge in [-0.15, -0.1) is 0 Å². The van der Waals surface area contributed by atoms with E-state index in [0.717, 1.165) is 17.0 Å². The molecule has 1 N–H and O–H groups in total. The molecule has 2 rings (SSSR count). The largest absolute Gasteiger partial charge is 0.496 e. The normalized spacial score (nSPS) is 11.8. The number of rotatable bonds is 7. The van der Waals surface area contributed by atoms with Crippen molar-refractivity contribution in [2.75, 3.05) is 21.3 Å². The summed E-state index contributed by atoms with van der Waals surface area (Å²) in [5.41, 5.74) is 2.00. The zero-order chi connectivity index (χ0) is 15.9. The molecule has 1 aromatic heterocycles. The van der Waals surface area contributed by atoms with Crippen LogP contribution in [0.3, 0.4) is 0 Å². The monoisotopic (exact) mass is 302 g/mol. The van der Waals surface area contributed by atoms with Gasteiger partial charge in [0.2, 0.25) is 0 Å². The first-order valence-corrected chi connectivity index (χ1v) is 7.12. The molecule has 1 heterocycles. The van der Waals surface area contributed by atoms with Gasteiger partial charge in [0.1, 0.15) is 5.75 Å². The zero-order valence-electron chi connectivity index (χ0n) is 13.4. The van der Waals surface area contributed by atoms with Crippen molar-refractivity contribution in [1.29, 1.82) is 0 Å². The van der Waals surface area contributed by atoms with Crippen molar-refractivity contribution in [3.63, 3.8) is 0 Å². The quantitative estimate of drug-likeness (QED) is 0.852. The molecular formula is C17H22N2O3. The number of aromatic nitrogens is 1. The molecule has 0 aliphatic heterocycles. The van der Waals surface area contributed by atoms with Gasteiger partial charge in [-0.05, 0) is 25.1 Å². The highest BCUT2D eigenvalue weighted by atomic mass is 16.5. The van der Waals surface area contributed by atoms with Gasteiger partial charge in [0.05, 0.1) is 27.0 Å². The average molecular weight is 302 g/mol. The van der Waals surface area contributed by atoms with Crippen molar-refractivity contribution in [3.05, 3.63) is 47.8 Å². The maximum atomic E-state index is 5.43. The SMILES string of the molecule is COc1cc(OC)c(OC)cc1CN[C@@H](C)c1ccccn1. The molecule has 0 amide bonds. The summed E-state index contributed by atoms with van der Waals surface area (Å²) in [4.78, 5) is 4.36. The van der Waals surface area contributed by atoms with E-state index in [1.54, 1.807) is 27.5 Å². The number of nitrogens with one attached hydrogen (secondary N) is 1. The minimum absolute atomic E-state index is 0.138. The number of nitrogens with zero attached hydrogens (tertiary/aromatic N) is 1. The molecule has 22 heavy (non-hydrogen) atoms. The fourth-order valence-electron chi connectivity index (χ4n) is 2.23. The average Bonchev–Trinajstić information content (AvgIpc) is 2.59. The maximum Gasteiger partial charge on any atom is 0.164 e. The van der Waals surface area contributed by atoms with E-state index in [1.807, 2.05) is 30.3 Å². The smallest absolute Gasteiger partial charge is 0.164 e. The molecule has 0 spiro atoms. The molecule has 0 fully saturated rings. The topological polar surface area (TPSA) is 52.6 Å². The van der Waals surface area contributed by atoms with E-state index in [4.69, 9.17) is 14.2 Å². The molecule has 1 atom stereocenters. The number of benzene rings is 1. The van der Waals surface area contributed by atoms with Crippen LogP contribution >= 0.6 is 0 Å². The highest BCUT2D eigenvalue weighted by Crippen LogP contribution is 2.34. The second-order valence-electron chi connectivity index (χ2n) is 4.88. The van der Waals surface area contributed by atoms with E-state index in [9.17, 15) is 0 Å². The van der Waals surface area contributed by atoms with Gasteiger partial charge in [-0.3, -0.25) is 4.98 Å². The van der Waals surface area contributed by atoms with Crippen LogP contribution in [0.25, 0.3) is 0 Å². The summed E-state index contributed by atoms with van der Waals surface area (Å²) in [6, 6.07) is 9.80. The summed E-state index contributed by atoms with van der Waals surface area (Å²) in [5, 5.41) is 3.44. The van der Waals surface area contributed by atoms with Gasteiger partial charge in [-0.1, -0.05) is 6.07 Å². The van der Waals surface area contributed by atoms with Gasteiger partial charge in [-0.2, -0.15) is 0 Å². The second-order valence-corrected chi connectivity index (χ2v) is 4.88. The third-order valence-corrected chi connectivity index (χ3v) is 3.52. The van der Waals surface area contributed by atoms with E-state index < -0.39 is 0 Å². The van der Waals surface area contributed by atoms with Crippen LogP contribution in [-0.4, -0.2) is 26.3 Å². The third-order valence-electron chi connectivity index (χ3n) is 3.52. The van der Waals surface area contributed by atoms with E-state index in [-0.39, 0.29) is 6.04 Å². The van der Waals surface area contributed by atoms with Gasteiger partial charge in [0, 0.05) is 30.4 Å². The van der Waals surface area contributed by atoms with Crippen LogP contribution < -0.4 is 19.5 Å². The first-order valence-electron chi connectivity index (χ1n) is 7.12. The minimum atomic E-state index is 0.138. The lowest BCUT2D eigenvalue weighted by Gasteiger charge is -2.17. The number of hydrogen-bond acceptors (Lipinski definition) is 5. The molecule has 0 bridgehead atoms. The van der Waals surface area contributed by atoms with Gasteiger partial charge in [0.25, 0.3) is 0 Å². The molecule has 1 aromatic carbocycles. The van der Waals surface area contributed by atoms with E-state index in [2.05, 4.69) is 17.2 Å². The molecule has 2 aromatic rings. The number of hydrogen-bond donors (Lipinski definition) is 1. The van der Waals surface area contributed by atoms with Crippen LogP contribution in [0.15, 0.2) is 36.5 Å². The molecule has 5 heteroatoms. The van der Waals surface area contributed by atoms with Crippen molar-refractivity contribution in [2.45, 2.75) is 19.5 Å². The highest BCUT2D eigenvalue weighted by molar-refractivity contribution is 5.50. The molecule has 0 saturated heterocycles. The Morgan fingerprint density at radius 2 is 1.68 bits per heavy atom. The fraction of sp³-hybridized carbons (Fsp3) is 0.353. The molecule has 0 unspecified atom stereocenters. The summed E-state index contributed by atoms with van der Waals surface area (Å²) in [5.74, 6) is 2.10. The molecule has 5 nitrogen and oxygen atoms in total. The summed E-state index contributed by atoms with van der Waals surface area (Å²) in [6.07, 6.45) is 1.80. The Balaban J connectivity index is 2.15. The van der Waals surface area contributed by atoms with Gasteiger partial charge >= 0.3 is 0 Å². The van der Waals surface area contributed by atoms with Crippen molar-refractivity contribution in [2.24, 2.45) is 0 Å². The van der Waals surface area contributed by atoms with Gasteiger partial charge < -0.3 is 19.5 Å². The van der Waals surface area contributed by atoms with Crippen molar-refractivity contribution >= 4 is 0 Å². The molecule has 0 saturated carbocycles. The van der Waals surface area contributed by atoms with Crippen molar-refractivity contribution < 1.29 is 14.2 Å². The van der Waals surface area contributed by atoms with E-state index in [1.165, 1.54) is 0 Å². The predicted octanol–water partition coefficient (Wildman–Crippen LogP) is 2.96. The van der Waals surface area contributed by atoms with Crippen LogP contribution in [0.2, 0.25) is 0 Å². The van der Waals surface area contributed by atoms with Gasteiger partial charge in [-0.25, -0.2) is 0 Å². The second kappa shape index (κ2) is 7.66. The van der Waals surface area contributed by atoms with Crippen LogP contribution in [0.5, 0.6) is 17.2 Å². The Morgan fingerprint density at radius 1 is 1.00 bits per heavy atom.